The van der Waals surface area contributed by atoms with Crippen molar-refractivity contribution in [1.29, 1.82) is 0 Å². The Kier molecular flexibility index (Phi) is 6.23. The SMILES string of the molecule is CCCNCc1cnc(CCN2CCN(C)CC2)s1. The predicted octanol–water partition coefficient (Wildman–Crippen LogP) is 1.43. The maximum absolute atomic E-state index is 4.54. The summed E-state index contributed by atoms with van der Waals surface area (Å²) >= 11 is 1.86. The van der Waals surface area contributed by atoms with Crippen LogP contribution in [0.15, 0.2) is 6.20 Å². The fourth-order valence-electron chi connectivity index (χ4n) is 2.26. The molecular weight excluding hydrogens is 256 g/mol. The molecule has 1 aliphatic heterocycles. The molecule has 0 unspecified atom stereocenters. The van der Waals surface area contributed by atoms with Crippen LogP contribution in [0.25, 0.3) is 0 Å². The van der Waals surface area contributed by atoms with E-state index in [1.165, 1.54) is 42.5 Å². The van der Waals surface area contributed by atoms with Gasteiger partial charge in [-0.05, 0) is 20.0 Å². The van der Waals surface area contributed by atoms with Crippen LogP contribution in [-0.2, 0) is 13.0 Å². The number of aromatic nitrogens is 1. The first-order valence-corrected chi connectivity index (χ1v) is 8.14. The lowest BCUT2D eigenvalue weighted by molar-refractivity contribution is 0.155. The van der Waals surface area contributed by atoms with Gasteiger partial charge in [-0.15, -0.1) is 11.3 Å². The number of hydrogen-bond donors (Lipinski definition) is 1. The Morgan fingerprint density at radius 3 is 2.84 bits per heavy atom. The molecule has 2 rings (SSSR count). The van der Waals surface area contributed by atoms with Crippen molar-refractivity contribution < 1.29 is 0 Å². The molecule has 0 aromatic carbocycles. The van der Waals surface area contributed by atoms with Crippen molar-refractivity contribution >= 4 is 11.3 Å². The molecule has 0 spiro atoms. The van der Waals surface area contributed by atoms with Crippen LogP contribution >= 0.6 is 11.3 Å². The maximum Gasteiger partial charge on any atom is 0.0940 e. The topological polar surface area (TPSA) is 31.4 Å². The summed E-state index contributed by atoms with van der Waals surface area (Å²) in [6.07, 6.45) is 4.32. The molecule has 108 valence electrons. The molecule has 1 aromatic rings. The standard InChI is InChI=1S/C14H26N4S/c1-3-5-15-11-13-12-16-14(19-13)4-6-18-9-7-17(2)8-10-18/h12,15H,3-11H2,1-2H3. The van der Waals surface area contributed by atoms with E-state index in [2.05, 4.69) is 34.1 Å². The number of thiazole rings is 1. The van der Waals surface area contributed by atoms with E-state index in [0.717, 1.165) is 26.1 Å². The normalized spacial score (nSPS) is 18.0. The third-order valence-electron chi connectivity index (χ3n) is 3.57. The Labute approximate surface area is 120 Å². The Hall–Kier alpha value is -0.490. The van der Waals surface area contributed by atoms with Gasteiger partial charge in [0.15, 0.2) is 0 Å². The molecule has 0 atom stereocenters. The van der Waals surface area contributed by atoms with E-state index in [-0.39, 0.29) is 0 Å². The summed E-state index contributed by atoms with van der Waals surface area (Å²) < 4.78 is 0. The molecule has 0 amide bonds. The first-order valence-electron chi connectivity index (χ1n) is 7.33. The van der Waals surface area contributed by atoms with Gasteiger partial charge in [0.25, 0.3) is 0 Å². The summed E-state index contributed by atoms with van der Waals surface area (Å²) in [6, 6.07) is 0. The molecule has 4 nitrogen and oxygen atoms in total. The van der Waals surface area contributed by atoms with Crippen LogP contribution in [0.5, 0.6) is 0 Å². The van der Waals surface area contributed by atoms with Gasteiger partial charge in [-0.25, -0.2) is 4.98 Å². The maximum atomic E-state index is 4.54. The number of piperazine rings is 1. The lowest BCUT2D eigenvalue weighted by Crippen LogP contribution is -2.45. The van der Waals surface area contributed by atoms with Crippen molar-refractivity contribution in [2.24, 2.45) is 0 Å². The number of nitrogens with zero attached hydrogens (tertiary/aromatic N) is 3. The lowest BCUT2D eigenvalue weighted by Gasteiger charge is -2.32. The van der Waals surface area contributed by atoms with Gasteiger partial charge in [0.05, 0.1) is 5.01 Å². The van der Waals surface area contributed by atoms with Gasteiger partial charge < -0.3 is 15.1 Å². The molecule has 19 heavy (non-hydrogen) atoms. The highest BCUT2D eigenvalue weighted by Crippen LogP contribution is 2.14. The minimum atomic E-state index is 0.972. The molecule has 1 aliphatic rings. The molecule has 1 N–H and O–H groups in total. The fraction of sp³-hybridized carbons (Fsp3) is 0.786. The van der Waals surface area contributed by atoms with Crippen molar-refractivity contribution in [3.8, 4) is 0 Å². The largest absolute Gasteiger partial charge is 0.312 e. The molecule has 0 bridgehead atoms. The highest BCUT2D eigenvalue weighted by atomic mass is 32.1. The summed E-state index contributed by atoms with van der Waals surface area (Å²) in [7, 11) is 2.20. The van der Waals surface area contributed by atoms with Gasteiger partial charge in [0.2, 0.25) is 0 Å². The lowest BCUT2D eigenvalue weighted by atomic mass is 10.3. The average Bonchev–Trinajstić information content (AvgIpc) is 2.86. The second-order valence-corrected chi connectivity index (χ2v) is 6.49. The predicted molar refractivity (Wildman–Crippen MR) is 81.8 cm³/mol. The number of likely N-dealkylation sites (N-methyl/N-ethyl adjacent to an activating group) is 1. The molecule has 5 heteroatoms. The van der Waals surface area contributed by atoms with Crippen molar-refractivity contribution in [3.63, 3.8) is 0 Å². The zero-order valence-corrected chi connectivity index (χ0v) is 13.0. The summed E-state index contributed by atoms with van der Waals surface area (Å²) in [5, 5.41) is 4.71. The van der Waals surface area contributed by atoms with Crippen LogP contribution in [-0.4, -0.2) is 61.1 Å². The molecule has 0 saturated carbocycles. The van der Waals surface area contributed by atoms with Gasteiger partial charge in [0.1, 0.15) is 0 Å². The van der Waals surface area contributed by atoms with Crippen LogP contribution < -0.4 is 5.32 Å². The Morgan fingerprint density at radius 2 is 2.11 bits per heavy atom. The minimum Gasteiger partial charge on any atom is -0.312 e. The summed E-state index contributed by atoms with van der Waals surface area (Å²) in [6.45, 7) is 10.2. The first kappa shape index (κ1) is 14.9. The Morgan fingerprint density at radius 1 is 1.32 bits per heavy atom. The van der Waals surface area contributed by atoms with Crippen LogP contribution in [0, 0.1) is 0 Å². The van der Waals surface area contributed by atoms with Crippen molar-refractivity contribution in [1.82, 2.24) is 20.1 Å². The van der Waals surface area contributed by atoms with Crippen molar-refractivity contribution in [2.75, 3.05) is 46.3 Å². The summed E-state index contributed by atoms with van der Waals surface area (Å²) in [4.78, 5) is 10.9. The van der Waals surface area contributed by atoms with Gasteiger partial charge in [-0.3, -0.25) is 0 Å². The van der Waals surface area contributed by atoms with Crippen LogP contribution in [0.1, 0.15) is 23.2 Å². The zero-order chi connectivity index (χ0) is 13.5. The summed E-state index contributed by atoms with van der Waals surface area (Å²) in [5.41, 5.74) is 0. The molecule has 2 heterocycles. The van der Waals surface area contributed by atoms with Gasteiger partial charge in [-0.1, -0.05) is 6.92 Å². The van der Waals surface area contributed by atoms with Crippen LogP contribution in [0.3, 0.4) is 0 Å². The third kappa shape index (κ3) is 5.18. The van der Waals surface area contributed by atoms with Crippen LogP contribution in [0.2, 0.25) is 0 Å². The molecule has 0 radical (unpaired) electrons. The highest BCUT2D eigenvalue weighted by molar-refractivity contribution is 7.11. The van der Waals surface area contributed by atoms with Gasteiger partial charge >= 0.3 is 0 Å². The number of rotatable bonds is 7. The molecule has 0 aliphatic carbocycles. The first-order chi connectivity index (χ1) is 9.28. The Balaban J connectivity index is 1.68. The second kappa shape index (κ2) is 7.94. The van der Waals surface area contributed by atoms with Gasteiger partial charge in [0, 0.05) is 56.8 Å². The summed E-state index contributed by atoms with van der Waals surface area (Å²) in [5.74, 6) is 0. The van der Waals surface area contributed by atoms with Gasteiger partial charge in [-0.2, -0.15) is 0 Å². The molecule has 1 saturated heterocycles. The number of hydrogen-bond acceptors (Lipinski definition) is 5. The minimum absolute atomic E-state index is 0.972. The van der Waals surface area contributed by atoms with E-state index in [0.29, 0.717) is 0 Å². The van der Waals surface area contributed by atoms with E-state index >= 15 is 0 Å². The van der Waals surface area contributed by atoms with E-state index in [4.69, 9.17) is 0 Å². The molecular formula is C14H26N4S. The van der Waals surface area contributed by atoms with E-state index in [1.807, 2.05) is 17.5 Å². The fourth-order valence-corrected chi connectivity index (χ4v) is 3.14. The quantitative estimate of drug-likeness (QED) is 0.767. The second-order valence-electron chi connectivity index (χ2n) is 5.29. The Bertz CT molecular complexity index is 358. The number of nitrogens with one attached hydrogen (secondary N) is 1. The average molecular weight is 282 g/mol. The van der Waals surface area contributed by atoms with E-state index in [9.17, 15) is 0 Å². The van der Waals surface area contributed by atoms with E-state index < -0.39 is 0 Å². The van der Waals surface area contributed by atoms with E-state index in [1.54, 1.807) is 0 Å². The molecule has 1 fully saturated rings. The van der Waals surface area contributed by atoms with Crippen molar-refractivity contribution in [3.05, 3.63) is 16.1 Å². The zero-order valence-electron chi connectivity index (χ0n) is 12.2. The smallest absolute Gasteiger partial charge is 0.0940 e. The highest BCUT2D eigenvalue weighted by Gasteiger charge is 2.13. The molecule has 1 aromatic heterocycles. The van der Waals surface area contributed by atoms with Crippen molar-refractivity contribution in [2.45, 2.75) is 26.3 Å². The monoisotopic (exact) mass is 282 g/mol. The van der Waals surface area contributed by atoms with Crippen LogP contribution in [0.4, 0.5) is 0 Å². The third-order valence-corrected chi connectivity index (χ3v) is 4.62.